The van der Waals surface area contributed by atoms with E-state index in [1.54, 1.807) is 0 Å². The first-order valence-electron chi connectivity index (χ1n) is 9.80. The molecule has 0 saturated carbocycles. The number of likely N-dealkylation sites (tertiary alicyclic amines) is 1. The quantitative estimate of drug-likeness (QED) is 0.856. The van der Waals surface area contributed by atoms with E-state index in [9.17, 15) is 0 Å². The molecule has 3 saturated heterocycles. The molecule has 1 aromatic heterocycles. The summed E-state index contributed by atoms with van der Waals surface area (Å²) in [4.78, 5) is 10.1. The summed E-state index contributed by atoms with van der Waals surface area (Å²) in [6.07, 6.45) is 6.26. The highest BCUT2D eigenvalue weighted by Gasteiger charge is 2.46. The summed E-state index contributed by atoms with van der Waals surface area (Å²) in [5, 5.41) is 1.27. The number of ether oxygens (including phenoxy) is 1. The van der Waals surface area contributed by atoms with Crippen molar-refractivity contribution in [2.45, 2.75) is 44.2 Å². The lowest BCUT2D eigenvalue weighted by Gasteiger charge is -2.55. The molecule has 0 aliphatic carbocycles. The van der Waals surface area contributed by atoms with Gasteiger partial charge >= 0.3 is 0 Å². The van der Waals surface area contributed by atoms with Crippen LogP contribution in [0, 0.1) is 0 Å². The molecular weight excluding hydrogens is 310 g/mol. The molecule has 0 amide bonds. The number of benzene rings is 1. The molecule has 3 aliphatic rings. The normalized spacial score (nSPS) is 23.3. The predicted molar refractivity (Wildman–Crippen MR) is 101 cm³/mol. The van der Waals surface area contributed by atoms with Crippen molar-refractivity contribution in [1.29, 1.82) is 0 Å². The summed E-state index contributed by atoms with van der Waals surface area (Å²) in [6.45, 7) is 6.48. The molecule has 3 aliphatic heterocycles. The first-order valence-corrected chi connectivity index (χ1v) is 9.80. The zero-order chi connectivity index (χ0) is 16.7. The Morgan fingerprint density at radius 1 is 0.960 bits per heavy atom. The summed E-state index contributed by atoms with van der Waals surface area (Å²) in [7, 11) is 0. The highest BCUT2D eigenvalue weighted by atomic mass is 16.5. The smallest absolute Gasteiger partial charge is 0.129 e. The SMILES string of the molecule is c1cc2nc(N3CCC34CCOCC4)ccc2cc1CN1CCCC1. The van der Waals surface area contributed by atoms with Crippen molar-refractivity contribution in [3.63, 3.8) is 0 Å². The highest BCUT2D eigenvalue weighted by Crippen LogP contribution is 2.42. The zero-order valence-corrected chi connectivity index (χ0v) is 14.9. The summed E-state index contributed by atoms with van der Waals surface area (Å²) < 4.78 is 5.57. The average molecular weight is 337 g/mol. The topological polar surface area (TPSA) is 28.6 Å². The van der Waals surface area contributed by atoms with E-state index < -0.39 is 0 Å². The van der Waals surface area contributed by atoms with Gasteiger partial charge < -0.3 is 9.64 Å². The minimum atomic E-state index is 0.314. The molecule has 4 nitrogen and oxygen atoms in total. The summed E-state index contributed by atoms with van der Waals surface area (Å²) in [6, 6.07) is 11.3. The van der Waals surface area contributed by atoms with Crippen LogP contribution in [0.2, 0.25) is 0 Å². The van der Waals surface area contributed by atoms with Crippen LogP contribution in [-0.4, -0.2) is 48.3 Å². The van der Waals surface area contributed by atoms with Crippen LogP contribution in [0.5, 0.6) is 0 Å². The van der Waals surface area contributed by atoms with Crippen molar-refractivity contribution in [2.75, 3.05) is 37.7 Å². The van der Waals surface area contributed by atoms with Crippen molar-refractivity contribution in [2.24, 2.45) is 0 Å². The molecule has 4 heterocycles. The van der Waals surface area contributed by atoms with Crippen molar-refractivity contribution in [3.05, 3.63) is 35.9 Å². The standard InChI is InChI=1S/C21H27N3O/c1-2-11-23(10-1)16-17-3-5-19-18(15-17)4-6-20(22-19)24-12-7-21(24)8-13-25-14-9-21/h3-6,15H,1-2,7-14,16H2. The fourth-order valence-electron chi connectivity index (χ4n) is 4.78. The highest BCUT2D eigenvalue weighted by molar-refractivity contribution is 5.81. The fraction of sp³-hybridized carbons (Fsp3) is 0.571. The number of hydrogen-bond donors (Lipinski definition) is 0. The van der Waals surface area contributed by atoms with Crippen LogP contribution < -0.4 is 4.90 Å². The first-order chi connectivity index (χ1) is 12.3. The number of rotatable bonds is 3. The zero-order valence-electron chi connectivity index (χ0n) is 14.9. The van der Waals surface area contributed by atoms with E-state index in [-0.39, 0.29) is 0 Å². The Hall–Kier alpha value is -1.65. The predicted octanol–water partition coefficient (Wildman–Crippen LogP) is 3.59. The number of pyridine rings is 1. The molecule has 0 bridgehead atoms. The fourth-order valence-corrected chi connectivity index (χ4v) is 4.78. The molecule has 0 atom stereocenters. The van der Waals surface area contributed by atoms with Gasteiger partial charge in [-0.3, -0.25) is 4.90 Å². The van der Waals surface area contributed by atoms with Gasteiger partial charge in [-0.15, -0.1) is 0 Å². The maximum atomic E-state index is 5.57. The summed E-state index contributed by atoms with van der Waals surface area (Å²) >= 11 is 0. The second kappa shape index (κ2) is 6.26. The Morgan fingerprint density at radius 3 is 2.56 bits per heavy atom. The third kappa shape index (κ3) is 2.81. The number of nitrogens with zero attached hydrogens (tertiary/aromatic N) is 3. The molecule has 1 aromatic carbocycles. The van der Waals surface area contributed by atoms with E-state index in [1.165, 1.54) is 43.3 Å². The van der Waals surface area contributed by atoms with Crippen molar-refractivity contribution >= 4 is 16.7 Å². The number of aromatic nitrogens is 1. The Kier molecular flexibility index (Phi) is 3.90. The van der Waals surface area contributed by atoms with E-state index in [0.29, 0.717) is 5.54 Å². The lowest BCUT2D eigenvalue weighted by atomic mass is 9.78. The molecule has 3 fully saturated rings. The number of fused-ring (bicyclic) bond motifs is 1. The first kappa shape index (κ1) is 15.6. The van der Waals surface area contributed by atoms with Gasteiger partial charge in [0.1, 0.15) is 5.82 Å². The number of hydrogen-bond acceptors (Lipinski definition) is 4. The van der Waals surface area contributed by atoms with Crippen LogP contribution in [0.15, 0.2) is 30.3 Å². The van der Waals surface area contributed by atoms with Gasteiger partial charge in [0, 0.05) is 37.2 Å². The van der Waals surface area contributed by atoms with Gasteiger partial charge in [0.15, 0.2) is 0 Å². The third-order valence-corrected chi connectivity index (χ3v) is 6.42. The Bertz CT molecular complexity index is 763. The molecule has 132 valence electrons. The van der Waals surface area contributed by atoms with Gasteiger partial charge in [0.2, 0.25) is 0 Å². The molecule has 0 N–H and O–H groups in total. The largest absolute Gasteiger partial charge is 0.381 e. The van der Waals surface area contributed by atoms with Crippen LogP contribution in [0.3, 0.4) is 0 Å². The maximum Gasteiger partial charge on any atom is 0.129 e. The van der Waals surface area contributed by atoms with Crippen molar-refractivity contribution in [3.8, 4) is 0 Å². The third-order valence-electron chi connectivity index (χ3n) is 6.42. The Labute approximate surface area is 149 Å². The van der Waals surface area contributed by atoms with Gasteiger partial charge in [0.25, 0.3) is 0 Å². The van der Waals surface area contributed by atoms with E-state index in [4.69, 9.17) is 9.72 Å². The summed E-state index contributed by atoms with van der Waals surface area (Å²) in [5.41, 5.74) is 2.85. The second-order valence-corrected chi connectivity index (χ2v) is 7.92. The number of anilines is 1. The van der Waals surface area contributed by atoms with Gasteiger partial charge in [-0.25, -0.2) is 4.98 Å². The van der Waals surface area contributed by atoms with Crippen LogP contribution in [0.25, 0.3) is 10.9 Å². The van der Waals surface area contributed by atoms with Gasteiger partial charge in [-0.1, -0.05) is 6.07 Å². The Morgan fingerprint density at radius 2 is 1.80 bits per heavy atom. The molecule has 0 unspecified atom stereocenters. The van der Waals surface area contributed by atoms with Crippen LogP contribution >= 0.6 is 0 Å². The lowest BCUT2D eigenvalue weighted by Crippen LogP contribution is -2.62. The molecular formula is C21H27N3O. The maximum absolute atomic E-state index is 5.57. The van der Waals surface area contributed by atoms with E-state index in [0.717, 1.165) is 50.5 Å². The second-order valence-electron chi connectivity index (χ2n) is 7.92. The average Bonchev–Trinajstić information content (AvgIpc) is 3.15. The Balaban J connectivity index is 1.38. The van der Waals surface area contributed by atoms with Gasteiger partial charge in [0.05, 0.1) is 5.52 Å². The monoisotopic (exact) mass is 337 g/mol. The van der Waals surface area contributed by atoms with Crippen molar-refractivity contribution < 1.29 is 4.74 Å². The molecule has 25 heavy (non-hydrogen) atoms. The molecule has 1 spiro atoms. The minimum Gasteiger partial charge on any atom is -0.381 e. The minimum absolute atomic E-state index is 0.314. The molecule has 2 aromatic rings. The van der Waals surface area contributed by atoms with E-state index in [1.807, 2.05) is 0 Å². The molecule has 4 heteroatoms. The molecule has 0 radical (unpaired) electrons. The van der Waals surface area contributed by atoms with E-state index >= 15 is 0 Å². The van der Waals surface area contributed by atoms with Gasteiger partial charge in [-0.05, 0) is 75.0 Å². The van der Waals surface area contributed by atoms with Crippen LogP contribution in [-0.2, 0) is 11.3 Å². The lowest BCUT2D eigenvalue weighted by molar-refractivity contribution is 0.0285. The van der Waals surface area contributed by atoms with Crippen LogP contribution in [0.1, 0.15) is 37.7 Å². The van der Waals surface area contributed by atoms with E-state index in [2.05, 4.69) is 40.1 Å². The van der Waals surface area contributed by atoms with Crippen molar-refractivity contribution in [1.82, 2.24) is 9.88 Å². The van der Waals surface area contributed by atoms with Crippen LogP contribution in [0.4, 0.5) is 5.82 Å². The molecule has 5 rings (SSSR count). The van der Waals surface area contributed by atoms with Gasteiger partial charge in [-0.2, -0.15) is 0 Å². The summed E-state index contributed by atoms with van der Waals surface area (Å²) in [5.74, 6) is 1.15.